The van der Waals surface area contributed by atoms with Crippen molar-refractivity contribution < 1.29 is 9.53 Å². The predicted octanol–water partition coefficient (Wildman–Crippen LogP) is 0.766. The molecule has 0 radical (unpaired) electrons. The molecule has 0 bridgehead atoms. The molecule has 4 heteroatoms. The van der Waals surface area contributed by atoms with E-state index in [1.807, 2.05) is 4.90 Å². The van der Waals surface area contributed by atoms with E-state index in [-0.39, 0.29) is 6.04 Å². The molecule has 1 amide bonds. The van der Waals surface area contributed by atoms with Gasteiger partial charge in [0.25, 0.3) is 0 Å². The average Bonchev–Trinajstić information content (AvgIpc) is 2.83. The molecule has 2 aliphatic rings. The highest BCUT2D eigenvalue weighted by Gasteiger charge is 2.32. The van der Waals surface area contributed by atoms with Crippen molar-refractivity contribution in [1.82, 2.24) is 10.2 Å². The Morgan fingerprint density at radius 1 is 1.38 bits per heavy atom. The molecule has 0 aromatic heterocycles. The van der Waals surface area contributed by atoms with Crippen LogP contribution in [-0.2, 0) is 9.53 Å². The van der Waals surface area contributed by atoms with Gasteiger partial charge in [0.1, 0.15) is 0 Å². The van der Waals surface area contributed by atoms with Crippen LogP contribution in [0.1, 0.15) is 32.1 Å². The Hall–Kier alpha value is -0.610. The molecule has 2 atom stereocenters. The zero-order valence-electron chi connectivity index (χ0n) is 10.1. The third kappa shape index (κ3) is 2.55. The minimum atomic E-state index is 0.0671. The number of amides is 1. The molecule has 0 spiro atoms. The van der Waals surface area contributed by atoms with Crippen LogP contribution in [-0.4, -0.2) is 49.7 Å². The van der Waals surface area contributed by atoms with E-state index in [2.05, 4.69) is 5.32 Å². The lowest BCUT2D eigenvalue weighted by molar-refractivity contribution is -0.138. The van der Waals surface area contributed by atoms with Crippen LogP contribution >= 0.6 is 0 Å². The molecule has 92 valence electrons. The van der Waals surface area contributed by atoms with E-state index >= 15 is 0 Å². The van der Waals surface area contributed by atoms with E-state index < -0.39 is 0 Å². The molecule has 2 rings (SSSR count). The zero-order valence-corrected chi connectivity index (χ0v) is 10.1. The second kappa shape index (κ2) is 5.64. The second-order valence-electron chi connectivity index (χ2n) is 4.79. The molecule has 1 unspecified atom stereocenters. The molecule has 2 heterocycles. The van der Waals surface area contributed by atoms with Crippen LogP contribution in [0.2, 0.25) is 0 Å². The molecular formula is C12H22N2O2. The van der Waals surface area contributed by atoms with Crippen molar-refractivity contribution in [3.05, 3.63) is 0 Å². The quantitative estimate of drug-likeness (QED) is 0.772. The number of carbonyl (C=O) groups excluding carboxylic acids is 1. The first-order chi connectivity index (χ1) is 7.83. The Balaban J connectivity index is 1.95. The summed E-state index contributed by atoms with van der Waals surface area (Å²) in [6.45, 7) is 2.57. The van der Waals surface area contributed by atoms with Gasteiger partial charge < -0.3 is 15.0 Å². The predicted molar refractivity (Wildman–Crippen MR) is 62.3 cm³/mol. The Morgan fingerprint density at radius 3 is 2.94 bits per heavy atom. The summed E-state index contributed by atoms with van der Waals surface area (Å²) in [5, 5.41) is 3.28. The number of ether oxygens (including phenoxy) is 1. The minimum Gasteiger partial charge on any atom is -0.383 e. The molecule has 2 aliphatic heterocycles. The number of hydrogen-bond acceptors (Lipinski definition) is 3. The van der Waals surface area contributed by atoms with Crippen LogP contribution in [0, 0.1) is 0 Å². The molecular weight excluding hydrogens is 204 g/mol. The number of nitrogens with one attached hydrogen (secondary N) is 1. The Morgan fingerprint density at radius 2 is 2.25 bits per heavy atom. The number of nitrogens with zero attached hydrogens (tertiary/aromatic N) is 1. The maximum atomic E-state index is 12.3. The Labute approximate surface area is 97.3 Å². The largest absolute Gasteiger partial charge is 0.383 e. The summed E-state index contributed by atoms with van der Waals surface area (Å²) in [5.41, 5.74) is 0. The van der Waals surface area contributed by atoms with E-state index in [4.69, 9.17) is 4.74 Å². The van der Waals surface area contributed by atoms with Crippen molar-refractivity contribution in [2.45, 2.75) is 44.2 Å². The third-order valence-corrected chi connectivity index (χ3v) is 3.63. The van der Waals surface area contributed by atoms with Crippen LogP contribution in [0.4, 0.5) is 0 Å². The lowest BCUT2D eigenvalue weighted by Gasteiger charge is -2.36. The van der Waals surface area contributed by atoms with Gasteiger partial charge in [0.15, 0.2) is 0 Å². The van der Waals surface area contributed by atoms with Gasteiger partial charge in [-0.25, -0.2) is 0 Å². The molecule has 0 aliphatic carbocycles. The second-order valence-corrected chi connectivity index (χ2v) is 4.79. The van der Waals surface area contributed by atoms with Crippen LogP contribution in [0.3, 0.4) is 0 Å². The molecule has 0 saturated carbocycles. The zero-order chi connectivity index (χ0) is 11.4. The lowest BCUT2D eigenvalue weighted by atomic mass is 10.0. The van der Waals surface area contributed by atoms with Crippen molar-refractivity contribution in [2.75, 3.05) is 26.8 Å². The van der Waals surface area contributed by atoms with Crippen molar-refractivity contribution >= 4 is 5.91 Å². The normalized spacial score (nSPS) is 30.7. The monoisotopic (exact) mass is 226 g/mol. The topological polar surface area (TPSA) is 41.6 Å². The van der Waals surface area contributed by atoms with Crippen molar-refractivity contribution in [3.8, 4) is 0 Å². The third-order valence-electron chi connectivity index (χ3n) is 3.63. The molecule has 2 fully saturated rings. The Kier molecular flexibility index (Phi) is 4.18. The maximum absolute atomic E-state index is 12.3. The summed E-state index contributed by atoms with van der Waals surface area (Å²) in [6.07, 6.45) is 5.56. The fraction of sp³-hybridized carbons (Fsp3) is 0.917. The van der Waals surface area contributed by atoms with Crippen molar-refractivity contribution in [1.29, 1.82) is 0 Å². The van der Waals surface area contributed by atoms with Crippen LogP contribution in [0.25, 0.3) is 0 Å². The van der Waals surface area contributed by atoms with Gasteiger partial charge in [-0.1, -0.05) is 0 Å². The number of likely N-dealkylation sites (tertiary alicyclic amines) is 1. The SMILES string of the molecule is COCC1CCCCN1C(=O)[C@@H]1CCCN1. The summed E-state index contributed by atoms with van der Waals surface area (Å²) in [5.74, 6) is 0.291. The van der Waals surface area contributed by atoms with Gasteiger partial charge in [-0.05, 0) is 38.6 Å². The van der Waals surface area contributed by atoms with Crippen LogP contribution in [0.5, 0.6) is 0 Å². The van der Waals surface area contributed by atoms with Gasteiger partial charge >= 0.3 is 0 Å². The van der Waals surface area contributed by atoms with Gasteiger partial charge in [-0.3, -0.25) is 4.79 Å². The van der Waals surface area contributed by atoms with Gasteiger partial charge in [0.2, 0.25) is 5.91 Å². The maximum Gasteiger partial charge on any atom is 0.240 e. The van der Waals surface area contributed by atoms with Crippen molar-refractivity contribution in [3.63, 3.8) is 0 Å². The van der Waals surface area contributed by atoms with Crippen molar-refractivity contribution in [2.24, 2.45) is 0 Å². The number of hydrogen-bond donors (Lipinski definition) is 1. The van der Waals surface area contributed by atoms with Gasteiger partial charge in [-0.15, -0.1) is 0 Å². The fourth-order valence-electron chi connectivity index (χ4n) is 2.75. The summed E-state index contributed by atoms with van der Waals surface area (Å²) in [7, 11) is 1.71. The Bertz CT molecular complexity index is 237. The summed E-state index contributed by atoms with van der Waals surface area (Å²) < 4.78 is 5.21. The fourth-order valence-corrected chi connectivity index (χ4v) is 2.75. The summed E-state index contributed by atoms with van der Waals surface area (Å²) in [4.78, 5) is 14.3. The van der Waals surface area contributed by atoms with Gasteiger partial charge in [-0.2, -0.15) is 0 Å². The highest BCUT2D eigenvalue weighted by molar-refractivity contribution is 5.82. The van der Waals surface area contributed by atoms with E-state index in [0.29, 0.717) is 18.6 Å². The smallest absolute Gasteiger partial charge is 0.240 e. The first-order valence-corrected chi connectivity index (χ1v) is 6.35. The lowest BCUT2D eigenvalue weighted by Crippen LogP contribution is -2.52. The first kappa shape index (κ1) is 11.9. The minimum absolute atomic E-state index is 0.0671. The van der Waals surface area contributed by atoms with E-state index in [1.54, 1.807) is 7.11 Å². The van der Waals surface area contributed by atoms with E-state index in [1.165, 1.54) is 6.42 Å². The number of methoxy groups -OCH3 is 1. The van der Waals surface area contributed by atoms with Gasteiger partial charge in [0, 0.05) is 13.7 Å². The molecule has 0 aromatic carbocycles. The highest BCUT2D eigenvalue weighted by Crippen LogP contribution is 2.20. The van der Waals surface area contributed by atoms with Gasteiger partial charge in [0.05, 0.1) is 18.7 Å². The summed E-state index contributed by atoms with van der Waals surface area (Å²) in [6, 6.07) is 0.367. The number of carbonyl (C=O) groups is 1. The van der Waals surface area contributed by atoms with E-state index in [9.17, 15) is 4.79 Å². The van der Waals surface area contributed by atoms with Crippen LogP contribution in [0.15, 0.2) is 0 Å². The summed E-state index contributed by atoms with van der Waals surface area (Å²) >= 11 is 0. The highest BCUT2D eigenvalue weighted by atomic mass is 16.5. The standard InChI is InChI=1S/C12H22N2O2/c1-16-9-10-5-2-3-8-14(10)12(15)11-6-4-7-13-11/h10-11,13H,2-9H2,1H3/t10?,11-/m0/s1. The number of rotatable bonds is 3. The molecule has 0 aromatic rings. The molecule has 1 N–H and O–H groups in total. The average molecular weight is 226 g/mol. The first-order valence-electron chi connectivity index (χ1n) is 6.35. The van der Waals surface area contributed by atoms with E-state index in [0.717, 1.165) is 38.8 Å². The van der Waals surface area contributed by atoms with Crippen LogP contribution < -0.4 is 5.32 Å². The molecule has 4 nitrogen and oxygen atoms in total. The number of piperidine rings is 1. The molecule has 2 saturated heterocycles. The molecule has 16 heavy (non-hydrogen) atoms.